The largest absolute Gasteiger partial charge is 3.00 e. The van der Waals surface area contributed by atoms with E-state index in [-0.39, 0.29) is 120 Å². The van der Waals surface area contributed by atoms with Crippen molar-refractivity contribution < 1.29 is 98.1 Å². The van der Waals surface area contributed by atoms with Gasteiger partial charge in [0.2, 0.25) is 0 Å². The second kappa shape index (κ2) is 64.7. The van der Waals surface area contributed by atoms with Gasteiger partial charge in [-0.15, -0.1) is 0 Å². The summed E-state index contributed by atoms with van der Waals surface area (Å²) >= 11 is 0. The van der Waals surface area contributed by atoms with Crippen LogP contribution in [0.5, 0.6) is 0 Å². The molecule has 0 heterocycles. The van der Waals surface area contributed by atoms with Crippen molar-refractivity contribution in [2.45, 2.75) is 13.3 Å². The van der Waals surface area contributed by atoms with Crippen LogP contribution < -0.4 is 0 Å². The Labute approximate surface area is 138 Å². The van der Waals surface area contributed by atoms with Crippen molar-refractivity contribution in [1.82, 2.24) is 0 Å². The minimum Gasteiger partial charge on any atom is -0.358 e. The molecule has 9 heavy (non-hydrogen) atoms. The molecular formula is C6H16Y3-. The minimum atomic E-state index is 0. The predicted octanol–water partition coefficient (Wildman–Crippen LogP) is 2.57. The molecule has 0 aliphatic heterocycles. The number of hydrogen-bond donors (Lipinski definition) is 0. The summed E-state index contributed by atoms with van der Waals surface area (Å²) in [5.74, 6) is 0. The van der Waals surface area contributed by atoms with Gasteiger partial charge in [-0.25, -0.2) is 0 Å². The van der Waals surface area contributed by atoms with Gasteiger partial charge in [-0.3, -0.25) is 0 Å². The molecule has 3 heteroatoms. The van der Waals surface area contributed by atoms with Crippen LogP contribution in [0.25, 0.3) is 0 Å². The van der Waals surface area contributed by atoms with Crippen LogP contribution in [0.3, 0.4) is 0 Å². The summed E-state index contributed by atoms with van der Waals surface area (Å²) in [7, 11) is 0. The van der Waals surface area contributed by atoms with Crippen LogP contribution in [0.1, 0.15) is 13.3 Å². The molecule has 50 valence electrons. The van der Waals surface area contributed by atoms with Crippen LogP contribution in [0.15, 0.2) is 0 Å². The van der Waals surface area contributed by atoms with Gasteiger partial charge >= 0.3 is 32.7 Å². The summed E-state index contributed by atoms with van der Waals surface area (Å²) in [6.07, 6.45) is 1.00. The zero-order valence-electron chi connectivity index (χ0n) is 7.15. The maximum atomic E-state index is 3.49. The van der Waals surface area contributed by atoms with E-state index < -0.39 is 0 Å². The first-order chi connectivity index (χ1) is 1.41. The van der Waals surface area contributed by atoms with Crippen LogP contribution in [-0.4, -0.2) is 0 Å². The van der Waals surface area contributed by atoms with Crippen molar-refractivity contribution in [2.75, 3.05) is 0 Å². The second-order valence-electron chi connectivity index (χ2n) is 0.500. The molecule has 0 aromatic rings. The first-order valence-corrected chi connectivity index (χ1v) is 1.21. The Morgan fingerprint density at radius 2 is 1.00 bits per heavy atom. The zero-order chi connectivity index (χ0) is 2.71. The average molecular weight is 355 g/mol. The Morgan fingerprint density at radius 1 is 1.00 bits per heavy atom. The summed E-state index contributed by atoms with van der Waals surface area (Å²) in [5, 5.41) is 0. The van der Waals surface area contributed by atoms with E-state index >= 15 is 0 Å². The zero-order valence-corrected chi connectivity index (χ0v) is 15.7. The van der Waals surface area contributed by atoms with E-state index in [4.69, 9.17) is 0 Å². The Morgan fingerprint density at radius 3 is 1.00 bits per heavy atom. The van der Waals surface area contributed by atoms with Crippen molar-refractivity contribution in [3.05, 3.63) is 29.2 Å². The first kappa shape index (κ1) is 55.8. The smallest absolute Gasteiger partial charge is 0.358 e. The molecule has 0 unspecified atom stereocenters. The molecule has 0 aromatic carbocycles. The molecule has 0 spiro atoms. The van der Waals surface area contributed by atoms with E-state index in [1.807, 2.05) is 6.92 Å². The normalized spacial score (nSPS) is 2.00. The average Bonchev–Trinajstić information content (AvgIpc) is 0.918. The predicted molar refractivity (Wildman–Crippen MR) is 34.9 cm³/mol. The third-order valence-electron chi connectivity index (χ3n) is 0. The van der Waals surface area contributed by atoms with Gasteiger partial charge in [0, 0.05) is 65.4 Å². The molecule has 0 saturated heterocycles. The monoisotopic (exact) mass is 355 g/mol. The van der Waals surface area contributed by atoms with E-state index in [0.717, 1.165) is 6.42 Å². The second-order valence-corrected chi connectivity index (χ2v) is 0.500. The van der Waals surface area contributed by atoms with Crippen molar-refractivity contribution in [3.63, 3.8) is 0 Å². The van der Waals surface area contributed by atoms with Crippen molar-refractivity contribution >= 4 is 0 Å². The number of hydrogen-bond acceptors (Lipinski definition) is 0. The van der Waals surface area contributed by atoms with Crippen molar-refractivity contribution in [2.24, 2.45) is 0 Å². The van der Waals surface area contributed by atoms with E-state index in [1.165, 1.54) is 0 Å². The molecule has 0 aliphatic rings. The van der Waals surface area contributed by atoms with Crippen LogP contribution in [0.4, 0.5) is 0 Å². The van der Waals surface area contributed by atoms with Crippen LogP contribution in [0, 0.1) is 29.2 Å². The molecule has 0 aromatic heterocycles. The van der Waals surface area contributed by atoms with E-state index in [0.29, 0.717) is 0 Å². The summed E-state index contributed by atoms with van der Waals surface area (Å²) in [6.45, 7) is 5.50. The Hall–Kier alpha value is 3.31. The molecule has 0 amide bonds. The molecule has 0 bridgehead atoms. The van der Waals surface area contributed by atoms with Crippen LogP contribution in [-0.2, 0) is 98.1 Å². The number of rotatable bonds is 0. The SMILES string of the molecule is [CH2-]CC.[CH3-].[CH3-].[CH3-].[Y+3].[Y].[Y]. The third-order valence-corrected chi connectivity index (χ3v) is 0. The topological polar surface area (TPSA) is 0 Å². The minimum absolute atomic E-state index is 0. The fourth-order valence-corrected chi connectivity index (χ4v) is 0. The van der Waals surface area contributed by atoms with Crippen LogP contribution >= 0.6 is 0 Å². The maximum absolute atomic E-state index is 3.49. The van der Waals surface area contributed by atoms with Gasteiger partial charge in [-0.1, -0.05) is 6.92 Å². The van der Waals surface area contributed by atoms with Gasteiger partial charge in [0.25, 0.3) is 0 Å². The first-order valence-electron chi connectivity index (χ1n) is 1.21. The summed E-state index contributed by atoms with van der Waals surface area (Å²) < 4.78 is 0. The van der Waals surface area contributed by atoms with E-state index in [9.17, 15) is 0 Å². The molecular weight excluding hydrogens is 339 g/mol. The van der Waals surface area contributed by atoms with Crippen molar-refractivity contribution in [3.8, 4) is 0 Å². The molecule has 0 atom stereocenters. The van der Waals surface area contributed by atoms with Gasteiger partial charge in [0.15, 0.2) is 0 Å². The fourth-order valence-electron chi connectivity index (χ4n) is 0. The summed E-state index contributed by atoms with van der Waals surface area (Å²) in [6, 6.07) is 0. The summed E-state index contributed by atoms with van der Waals surface area (Å²) in [4.78, 5) is 0. The van der Waals surface area contributed by atoms with Crippen molar-refractivity contribution in [1.29, 1.82) is 0 Å². The molecule has 0 nitrogen and oxygen atoms in total. The molecule has 0 aliphatic carbocycles. The standard InChI is InChI=1S/C3H7.3CH3.3Y/c1-3-2;;;;;;/h1,3H2,2H3;3*1H3;;;/q4*-1;;;+3. The Bertz CT molecular complexity index is 8.26. The Balaban J connectivity index is -0.00000000133. The Kier molecular flexibility index (Phi) is 401. The van der Waals surface area contributed by atoms with Gasteiger partial charge in [-0.2, -0.15) is 6.42 Å². The molecule has 0 N–H and O–H groups in total. The quantitative estimate of drug-likeness (QED) is 0.586. The molecule has 0 rings (SSSR count). The molecule has 2 radical (unpaired) electrons. The molecule has 0 fully saturated rings. The van der Waals surface area contributed by atoms with Crippen LogP contribution in [0.2, 0.25) is 0 Å². The maximum Gasteiger partial charge on any atom is 3.00 e. The van der Waals surface area contributed by atoms with Gasteiger partial charge in [-0.05, 0) is 0 Å². The third kappa shape index (κ3) is 89.4. The van der Waals surface area contributed by atoms with Gasteiger partial charge in [0.05, 0.1) is 0 Å². The van der Waals surface area contributed by atoms with Gasteiger partial charge < -0.3 is 29.2 Å². The fraction of sp³-hybridized carbons (Fsp3) is 0.333. The van der Waals surface area contributed by atoms with Gasteiger partial charge in [0.1, 0.15) is 0 Å². The van der Waals surface area contributed by atoms with E-state index in [2.05, 4.69) is 6.92 Å². The summed E-state index contributed by atoms with van der Waals surface area (Å²) in [5.41, 5.74) is 0. The van der Waals surface area contributed by atoms with E-state index in [1.54, 1.807) is 0 Å². The molecule has 0 saturated carbocycles.